The molecule has 1 aromatic carbocycles. The fourth-order valence-electron chi connectivity index (χ4n) is 1.07. The molecule has 1 aromatic rings. The van der Waals surface area contributed by atoms with Gasteiger partial charge in [-0.1, -0.05) is 12.1 Å². The van der Waals surface area contributed by atoms with E-state index in [1.165, 1.54) is 7.11 Å². The number of benzene rings is 1. The molecule has 0 aliphatic rings. The van der Waals surface area contributed by atoms with Crippen molar-refractivity contribution in [1.29, 1.82) is 0 Å². The summed E-state index contributed by atoms with van der Waals surface area (Å²) in [5, 5.41) is 2.44. The molecule has 0 aliphatic carbocycles. The molecule has 1 N–H and O–H groups in total. The van der Waals surface area contributed by atoms with E-state index in [9.17, 15) is 9.59 Å². The van der Waals surface area contributed by atoms with Gasteiger partial charge in [0.05, 0.1) is 7.11 Å². The third kappa shape index (κ3) is 3.55. The van der Waals surface area contributed by atoms with Crippen LogP contribution in [0.1, 0.15) is 15.9 Å². The van der Waals surface area contributed by atoms with E-state index in [0.717, 1.165) is 5.56 Å². The molecular formula is C11H12ClNO3. The fraction of sp³-hybridized carbons (Fsp3) is 0.273. The summed E-state index contributed by atoms with van der Waals surface area (Å²) >= 11 is 5.62. The van der Waals surface area contributed by atoms with Crippen molar-refractivity contribution in [3.8, 4) is 0 Å². The van der Waals surface area contributed by atoms with Gasteiger partial charge in [0.25, 0.3) is 5.91 Å². The van der Waals surface area contributed by atoms with Gasteiger partial charge in [-0.05, 0) is 17.7 Å². The van der Waals surface area contributed by atoms with Crippen molar-refractivity contribution in [2.24, 2.45) is 0 Å². The topological polar surface area (TPSA) is 55.4 Å². The lowest BCUT2D eigenvalue weighted by Crippen LogP contribution is -2.30. The molecule has 0 aromatic heterocycles. The smallest absolute Gasteiger partial charge is 0.325 e. The molecular weight excluding hydrogens is 230 g/mol. The molecule has 4 nitrogen and oxygen atoms in total. The minimum absolute atomic E-state index is 0.132. The number of carbonyl (C=O) groups is 2. The Morgan fingerprint density at radius 1 is 1.31 bits per heavy atom. The van der Waals surface area contributed by atoms with Gasteiger partial charge in [0.1, 0.15) is 6.54 Å². The lowest BCUT2D eigenvalue weighted by molar-refractivity contribution is -0.139. The molecule has 0 bridgehead atoms. The lowest BCUT2D eigenvalue weighted by Gasteiger charge is -2.04. The fourth-order valence-corrected chi connectivity index (χ4v) is 1.25. The van der Waals surface area contributed by atoms with Crippen LogP contribution < -0.4 is 5.32 Å². The number of halogens is 1. The second kappa shape index (κ2) is 6.12. The predicted molar refractivity (Wildman–Crippen MR) is 60.3 cm³/mol. The second-order valence-electron chi connectivity index (χ2n) is 3.09. The highest BCUT2D eigenvalue weighted by atomic mass is 35.5. The quantitative estimate of drug-likeness (QED) is 0.639. The maximum absolute atomic E-state index is 11.5. The molecule has 0 aliphatic heterocycles. The summed E-state index contributed by atoms with van der Waals surface area (Å²) in [7, 11) is 1.27. The van der Waals surface area contributed by atoms with Crippen LogP contribution in [0.4, 0.5) is 0 Å². The van der Waals surface area contributed by atoms with E-state index < -0.39 is 5.97 Å². The van der Waals surface area contributed by atoms with Crippen molar-refractivity contribution in [2.75, 3.05) is 13.7 Å². The first kappa shape index (κ1) is 12.5. The molecule has 1 rings (SSSR count). The molecule has 0 heterocycles. The Morgan fingerprint density at radius 3 is 2.44 bits per heavy atom. The first-order chi connectivity index (χ1) is 7.67. The molecule has 86 valence electrons. The maximum atomic E-state index is 11.5. The molecule has 0 fully saturated rings. The summed E-state index contributed by atoms with van der Waals surface area (Å²) in [6, 6.07) is 6.84. The highest BCUT2D eigenvalue weighted by molar-refractivity contribution is 6.17. The minimum Gasteiger partial charge on any atom is -0.468 e. The zero-order chi connectivity index (χ0) is 12.0. The average molecular weight is 242 g/mol. The van der Waals surface area contributed by atoms with E-state index in [0.29, 0.717) is 11.4 Å². The molecule has 1 amide bonds. The van der Waals surface area contributed by atoms with Gasteiger partial charge in [0, 0.05) is 11.4 Å². The van der Waals surface area contributed by atoms with E-state index in [-0.39, 0.29) is 12.5 Å². The largest absolute Gasteiger partial charge is 0.468 e. The summed E-state index contributed by atoms with van der Waals surface area (Å²) in [5.74, 6) is -0.387. The van der Waals surface area contributed by atoms with Crippen LogP contribution in [0, 0.1) is 0 Å². The second-order valence-corrected chi connectivity index (χ2v) is 3.36. The van der Waals surface area contributed by atoms with Gasteiger partial charge in [0.15, 0.2) is 0 Å². The van der Waals surface area contributed by atoms with E-state index >= 15 is 0 Å². The minimum atomic E-state index is -0.481. The van der Waals surface area contributed by atoms with E-state index in [4.69, 9.17) is 11.6 Å². The zero-order valence-corrected chi connectivity index (χ0v) is 9.58. The molecule has 5 heteroatoms. The van der Waals surface area contributed by atoms with E-state index in [1.54, 1.807) is 24.3 Å². The Bertz CT molecular complexity index is 375. The summed E-state index contributed by atoms with van der Waals surface area (Å²) in [5.41, 5.74) is 1.42. The van der Waals surface area contributed by atoms with Gasteiger partial charge in [-0.3, -0.25) is 9.59 Å². The standard InChI is InChI=1S/C11H12ClNO3/c1-16-10(14)7-13-11(15)9-4-2-8(6-12)3-5-9/h2-5H,6-7H2,1H3,(H,13,15). The van der Waals surface area contributed by atoms with Crippen molar-refractivity contribution < 1.29 is 14.3 Å². The molecule has 16 heavy (non-hydrogen) atoms. The zero-order valence-electron chi connectivity index (χ0n) is 8.83. The van der Waals surface area contributed by atoms with Crippen molar-refractivity contribution in [1.82, 2.24) is 5.32 Å². The summed E-state index contributed by atoms with van der Waals surface area (Å²) in [4.78, 5) is 22.3. The van der Waals surface area contributed by atoms with E-state index in [1.807, 2.05) is 0 Å². The highest BCUT2D eigenvalue weighted by Gasteiger charge is 2.07. The number of rotatable bonds is 4. The van der Waals surface area contributed by atoms with Gasteiger partial charge in [-0.15, -0.1) is 11.6 Å². The number of amides is 1. The van der Waals surface area contributed by atoms with Gasteiger partial charge < -0.3 is 10.1 Å². The lowest BCUT2D eigenvalue weighted by atomic mass is 10.1. The highest BCUT2D eigenvalue weighted by Crippen LogP contribution is 2.06. The molecule has 0 atom stereocenters. The number of carbonyl (C=O) groups excluding carboxylic acids is 2. The summed E-state index contributed by atoms with van der Waals surface area (Å²) in [6.45, 7) is -0.132. The van der Waals surface area contributed by atoms with Crippen molar-refractivity contribution in [3.05, 3.63) is 35.4 Å². The predicted octanol–water partition coefficient (Wildman–Crippen LogP) is 1.33. The van der Waals surface area contributed by atoms with Crippen molar-refractivity contribution in [3.63, 3.8) is 0 Å². The van der Waals surface area contributed by atoms with Crippen molar-refractivity contribution in [2.45, 2.75) is 5.88 Å². The number of esters is 1. The Kier molecular flexibility index (Phi) is 4.79. The summed E-state index contributed by atoms with van der Waals surface area (Å²) in [6.07, 6.45) is 0. The number of methoxy groups -OCH3 is 1. The van der Waals surface area contributed by atoms with Crippen LogP contribution in [0.25, 0.3) is 0 Å². The third-order valence-corrected chi connectivity index (χ3v) is 2.30. The number of hydrogen-bond donors (Lipinski definition) is 1. The molecule has 0 radical (unpaired) electrons. The van der Waals surface area contributed by atoms with Gasteiger partial charge in [0.2, 0.25) is 0 Å². The molecule has 0 saturated carbocycles. The van der Waals surface area contributed by atoms with E-state index in [2.05, 4.69) is 10.1 Å². The molecule has 0 spiro atoms. The van der Waals surface area contributed by atoms with Gasteiger partial charge in [-0.25, -0.2) is 0 Å². The maximum Gasteiger partial charge on any atom is 0.325 e. The molecule has 0 unspecified atom stereocenters. The van der Waals surface area contributed by atoms with Crippen LogP contribution in [-0.2, 0) is 15.4 Å². The monoisotopic (exact) mass is 241 g/mol. The number of ether oxygens (including phenoxy) is 1. The number of alkyl halides is 1. The first-order valence-corrected chi connectivity index (χ1v) is 5.20. The Morgan fingerprint density at radius 2 is 1.94 bits per heavy atom. The van der Waals surface area contributed by atoms with Crippen molar-refractivity contribution >= 4 is 23.5 Å². The number of nitrogens with one attached hydrogen (secondary N) is 1. The van der Waals surface area contributed by atoms with Crippen LogP contribution in [0.2, 0.25) is 0 Å². The van der Waals surface area contributed by atoms with Gasteiger partial charge in [-0.2, -0.15) is 0 Å². The average Bonchev–Trinajstić information content (AvgIpc) is 2.35. The normalized spacial score (nSPS) is 9.62. The van der Waals surface area contributed by atoms with Crippen LogP contribution >= 0.6 is 11.6 Å². The summed E-state index contributed by atoms with van der Waals surface area (Å²) < 4.78 is 4.40. The van der Waals surface area contributed by atoms with Gasteiger partial charge >= 0.3 is 5.97 Å². The number of hydrogen-bond acceptors (Lipinski definition) is 3. The van der Waals surface area contributed by atoms with Crippen LogP contribution in [-0.4, -0.2) is 25.5 Å². The Hall–Kier alpha value is -1.55. The van der Waals surface area contributed by atoms with Crippen LogP contribution in [0.15, 0.2) is 24.3 Å². The SMILES string of the molecule is COC(=O)CNC(=O)c1ccc(CCl)cc1. The molecule has 0 saturated heterocycles. The first-order valence-electron chi connectivity index (χ1n) is 4.67. The Balaban J connectivity index is 2.56. The van der Waals surface area contributed by atoms with Crippen LogP contribution in [0.5, 0.6) is 0 Å². The third-order valence-electron chi connectivity index (χ3n) is 1.99. The Labute approximate surface area is 98.5 Å². The van der Waals surface area contributed by atoms with Crippen LogP contribution in [0.3, 0.4) is 0 Å².